The molecule has 0 spiro atoms. The minimum atomic E-state index is -0.175. The number of methoxy groups -OCH3 is 1. The lowest BCUT2D eigenvalue weighted by atomic mass is 10.1. The van der Waals surface area contributed by atoms with Gasteiger partial charge in [-0.15, -0.1) is 0 Å². The Bertz CT molecular complexity index is 830. The summed E-state index contributed by atoms with van der Waals surface area (Å²) in [4.78, 5) is 29.1. The van der Waals surface area contributed by atoms with E-state index in [-0.39, 0.29) is 24.4 Å². The van der Waals surface area contributed by atoms with E-state index in [2.05, 4.69) is 0 Å². The van der Waals surface area contributed by atoms with Crippen molar-refractivity contribution in [3.63, 3.8) is 0 Å². The van der Waals surface area contributed by atoms with E-state index in [4.69, 9.17) is 4.74 Å². The van der Waals surface area contributed by atoms with E-state index in [0.29, 0.717) is 17.9 Å². The van der Waals surface area contributed by atoms with Crippen LogP contribution in [0.2, 0.25) is 0 Å². The number of piperazine rings is 1. The van der Waals surface area contributed by atoms with E-state index in [1.54, 1.807) is 23.0 Å². The number of amides is 2. The first-order valence-corrected chi connectivity index (χ1v) is 8.73. The normalized spacial score (nSPS) is 17.4. The topological polar surface area (TPSA) is 49.9 Å². The number of carbonyl (C=O) groups is 2. The molecule has 0 unspecified atom stereocenters. The fourth-order valence-corrected chi connectivity index (χ4v) is 3.23. The summed E-state index contributed by atoms with van der Waals surface area (Å²) < 4.78 is 5.36. The molecule has 1 heterocycles. The lowest BCUT2D eigenvalue weighted by Gasteiger charge is -2.39. The smallest absolute Gasteiger partial charge is 0.258 e. The molecule has 5 nitrogen and oxygen atoms in total. The van der Waals surface area contributed by atoms with Crippen molar-refractivity contribution in [3.8, 4) is 5.75 Å². The summed E-state index contributed by atoms with van der Waals surface area (Å²) in [5, 5.41) is 0. The van der Waals surface area contributed by atoms with E-state index >= 15 is 0 Å². The van der Waals surface area contributed by atoms with Crippen molar-refractivity contribution >= 4 is 17.5 Å². The average Bonchev–Trinajstić information content (AvgIpc) is 2.63. The minimum absolute atomic E-state index is 0.0604. The summed E-state index contributed by atoms with van der Waals surface area (Å²) in [6.45, 7) is 6.46. The molecule has 0 aromatic heterocycles. The predicted octanol–water partition coefficient (Wildman–Crippen LogP) is 3.19. The molecule has 1 aliphatic rings. The Hall–Kier alpha value is -2.82. The number of benzene rings is 2. The number of ether oxygens (including phenoxy) is 1. The molecular weight excluding hydrogens is 328 g/mol. The van der Waals surface area contributed by atoms with Crippen molar-refractivity contribution in [2.24, 2.45) is 0 Å². The molecule has 0 radical (unpaired) electrons. The molecule has 3 rings (SSSR count). The third-order valence-electron chi connectivity index (χ3n) is 4.78. The highest BCUT2D eigenvalue weighted by Crippen LogP contribution is 2.26. The van der Waals surface area contributed by atoms with Gasteiger partial charge in [-0.25, -0.2) is 0 Å². The second kappa shape index (κ2) is 7.20. The summed E-state index contributed by atoms with van der Waals surface area (Å²) in [5.74, 6) is 0.285. The van der Waals surface area contributed by atoms with Crippen molar-refractivity contribution in [2.45, 2.75) is 26.8 Å². The van der Waals surface area contributed by atoms with Crippen molar-refractivity contribution < 1.29 is 14.3 Å². The zero-order valence-corrected chi connectivity index (χ0v) is 15.7. The molecule has 0 saturated carbocycles. The highest BCUT2D eigenvalue weighted by atomic mass is 16.5. The Morgan fingerprint density at radius 3 is 2.38 bits per heavy atom. The maximum absolute atomic E-state index is 13.0. The molecule has 136 valence electrons. The molecule has 1 fully saturated rings. The van der Waals surface area contributed by atoms with Gasteiger partial charge in [0.15, 0.2) is 0 Å². The van der Waals surface area contributed by atoms with Gasteiger partial charge in [-0.05, 0) is 50.6 Å². The quantitative estimate of drug-likeness (QED) is 0.852. The molecule has 2 aromatic carbocycles. The van der Waals surface area contributed by atoms with Crippen LogP contribution in [0.1, 0.15) is 28.4 Å². The summed E-state index contributed by atoms with van der Waals surface area (Å²) >= 11 is 0. The zero-order valence-electron chi connectivity index (χ0n) is 15.7. The van der Waals surface area contributed by atoms with Crippen LogP contribution < -0.4 is 9.64 Å². The molecule has 1 saturated heterocycles. The van der Waals surface area contributed by atoms with Crippen LogP contribution in [0.3, 0.4) is 0 Å². The monoisotopic (exact) mass is 352 g/mol. The Morgan fingerprint density at radius 2 is 1.73 bits per heavy atom. The number of hydrogen-bond acceptors (Lipinski definition) is 3. The summed E-state index contributed by atoms with van der Waals surface area (Å²) in [6.07, 6.45) is 0. The van der Waals surface area contributed by atoms with E-state index in [0.717, 1.165) is 16.8 Å². The van der Waals surface area contributed by atoms with Gasteiger partial charge in [-0.1, -0.05) is 23.8 Å². The average molecular weight is 352 g/mol. The maximum atomic E-state index is 13.0. The van der Waals surface area contributed by atoms with E-state index in [9.17, 15) is 9.59 Å². The first-order valence-electron chi connectivity index (χ1n) is 8.73. The van der Waals surface area contributed by atoms with Crippen LogP contribution in [-0.4, -0.2) is 43.0 Å². The van der Waals surface area contributed by atoms with Gasteiger partial charge in [0.25, 0.3) is 5.91 Å². The maximum Gasteiger partial charge on any atom is 0.258 e. The largest absolute Gasteiger partial charge is 0.496 e. The van der Waals surface area contributed by atoms with Crippen LogP contribution in [0.4, 0.5) is 5.69 Å². The van der Waals surface area contributed by atoms with E-state index in [1.165, 1.54) is 0 Å². The second-order valence-corrected chi connectivity index (χ2v) is 6.83. The summed E-state index contributed by atoms with van der Waals surface area (Å²) in [7, 11) is 1.55. The zero-order chi connectivity index (χ0) is 18.8. The highest BCUT2D eigenvalue weighted by molar-refractivity contribution is 6.03. The third kappa shape index (κ3) is 3.43. The molecule has 0 aliphatic carbocycles. The van der Waals surface area contributed by atoms with Crippen LogP contribution >= 0.6 is 0 Å². The van der Waals surface area contributed by atoms with Gasteiger partial charge in [0.2, 0.25) is 5.91 Å². The predicted molar refractivity (Wildman–Crippen MR) is 102 cm³/mol. The molecular formula is C21H24N2O3. The standard InChI is InChI=1S/C21H24N2O3/c1-14-5-8-17(9-6-14)23-12-16(3)22(13-20(23)24)21(25)18-10-7-15(2)11-19(18)26-4/h5-11,16H,12-13H2,1-4H3/t16-/m1/s1. The number of anilines is 1. The highest BCUT2D eigenvalue weighted by Gasteiger charge is 2.34. The van der Waals surface area contributed by atoms with Crippen molar-refractivity contribution in [1.29, 1.82) is 0 Å². The second-order valence-electron chi connectivity index (χ2n) is 6.83. The molecule has 26 heavy (non-hydrogen) atoms. The van der Waals surface area contributed by atoms with E-state index in [1.807, 2.05) is 57.2 Å². The van der Waals surface area contributed by atoms with Gasteiger partial charge in [-0.2, -0.15) is 0 Å². The number of aryl methyl sites for hydroxylation is 2. The Morgan fingerprint density at radius 1 is 1.08 bits per heavy atom. The lowest BCUT2D eigenvalue weighted by Crippen LogP contribution is -2.57. The molecule has 2 amide bonds. The molecule has 0 N–H and O–H groups in total. The lowest BCUT2D eigenvalue weighted by molar-refractivity contribution is -0.121. The summed E-state index contributed by atoms with van der Waals surface area (Å²) in [5.41, 5.74) is 3.52. The number of carbonyl (C=O) groups excluding carboxylic acids is 2. The first kappa shape index (κ1) is 18.0. The van der Waals surface area contributed by atoms with Crippen LogP contribution in [0.25, 0.3) is 0 Å². The van der Waals surface area contributed by atoms with Crippen molar-refractivity contribution in [1.82, 2.24) is 4.90 Å². The van der Waals surface area contributed by atoms with Crippen LogP contribution in [0.5, 0.6) is 5.75 Å². The Kier molecular flexibility index (Phi) is 4.98. The number of hydrogen-bond donors (Lipinski definition) is 0. The molecule has 1 aliphatic heterocycles. The van der Waals surface area contributed by atoms with Gasteiger partial charge >= 0.3 is 0 Å². The van der Waals surface area contributed by atoms with Crippen LogP contribution in [0.15, 0.2) is 42.5 Å². The van der Waals surface area contributed by atoms with Crippen LogP contribution in [0, 0.1) is 13.8 Å². The van der Waals surface area contributed by atoms with Gasteiger partial charge in [0, 0.05) is 18.3 Å². The fraction of sp³-hybridized carbons (Fsp3) is 0.333. The van der Waals surface area contributed by atoms with Crippen molar-refractivity contribution in [2.75, 3.05) is 25.1 Å². The van der Waals surface area contributed by atoms with E-state index < -0.39 is 0 Å². The Labute approximate surface area is 154 Å². The minimum Gasteiger partial charge on any atom is -0.496 e. The van der Waals surface area contributed by atoms with Gasteiger partial charge in [0.1, 0.15) is 12.3 Å². The van der Waals surface area contributed by atoms with Crippen LogP contribution in [-0.2, 0) is 4.79 Å². The molecule has 5 heteroatoms. The SMILES string of the molecule is COc1cc(C)ccc1C(=O)N1CC(=O)N(c2ccc(C)cc2)C[C@H]1C. The first-order chi connectivity index (χ1) is 12.4. The molecule has 1 atom stereocenters. The number of rotatable bonds is 3. The van der Waals surface area contributed by atoms with Gasteiger partial charge in [-0.3, -0.25) is 9.59 Å². The fourth-order valence-electron chi connectivity index (χ4n) is 3.23. The molecule has 0 bridgehead atoms. The summed E-state index contributed by atoms with van der Waals surface area (Å²) in [6, 6.07) is 13.3. The van der Waals surface area contributed by atoms with Crippen molar-refractivity contribution in [3.05, 3.63) is 59.2 Å². The Balaban J connectivity index is 1.82. The third-order valence-corrected chi connectivity index (χ3v) is 4.78. The van der Waals surface area contributed by atoms with Gasteiger partial charge < -0.3 is 14.5 Å². The van der Waals surface area contributed by atoms with Gasteiger partial charge in [0.05, 0.1) is 12.7 Å². The number of nitrogens with zero attached hydrogens (tertiary/aromatic N) is 2. The molecule has 2 aromatic rings.